The standard InChI is InChI=1S/C24H24FN7O4/c25-19-11-16(20-12-18(36-29-20)14-27-22-4-10-35-30-22)1-2-21(19)31-6-8-32(9-7-31)23(33)15-28-24(34)17-3-5-26-13-17/h1-5,10-13,26H,6-9,14-15H2,(H,27,30)(H,28,34). The second-order valence-corrected chi connectivity index (χ2v) is 8.23. The highest BCUT2D eigenvalue weighted by Gasteiger charge is 2.23. The quantitative estimate of drug-likeness (QED) is 0.341. The maximum absolute atomic E-state index is 15.0. The molecule has 5 rings (SSSR count). The van der Waals surface area contributed by atoms with Gasteiger partial charge in [0.1, 0.15) is 17.8 Å². The first-order valence-electron chi connectivity index (χ1n) is 11.4. The highest BCUT2D eigenvalue weighted by Crippen LogP contribution is 2.27. The van der Waals surface area contributed by atoms with Gasteiger partial charge in [-0.05, 0) is 18.2 Å². The number of halogens is 1. The van der Waals surface area contributed by atoms with Gasteiger partial charge in [0.05, 0.1) is 24.3 Å². The van der Waals surface area contributed by atoms with E-state index in [4.69, 9.17) is 9.05 Å². The number of carbonyl (C=O) groups excluding carboxylic acids is 2. The number of benzene rings is 1. The molecular formula is C24H24FN7O4. The molecule has 0 atom stereocenters. The molecule has 0 aliphatic carbocycles. The number of rotatable bonds is 8. The van der Waals surface area contributed by atoms with Gasteiger partial charge in [0.2, 0.25) is 5.91 Å². The van der Waals surface area contributed by atoms with E-state index in [1.807, 2.05) is 4.90 Å². The van der Waals surface area contributed by atoms with Crippen LogP contribution >= 0.6 is 0 Å². The molecule has 0 saturated carbocycles. The normalized spacial score (nSPS) is 13.6. The molecule has 186 valence electrons. The van der Waals surface area contributed by atoms with E-state index in [0.29, 0.717) is 66.8 Å². The summed E-state index contributed by atoms with van der Waals surface area (Å²) in [6.07, 6.45) is 4.67. The lowest BCUT2D eigenvalue weighted by atomic mass is 10.1. The van der Waals surface area contributed by atoms with Gasteiger partial charge < -0.3 is 34.5 Å². The van der Waals surface area contributed by atoms with Crippen molar-refractivity contribution in [3.05, 3.63) is 72.2 Å². The summed E-state index contributed by atoms with van der Waals surface area (Å²) in [4.78, 5) is 30.9. The molecule has 3 aromatic heterocycles. The molecule has 0 spiro atoms. The Morgan fingerprint density at radius 2 is 1.94 bits per heavy atom. The van der Waals surface area contributed by atoms with Gasteiger partial charge in [0.25, 0.3) is 5.91 Å². The number of nitrogens with one attached hydrogen (secondary N) is 3. The van der Waals surface area contributed by atoms with Crippen LogP contribution in [0.4, 0.5) is 15.9 Å². The molecule has 1 fully saturated rings. The molecule has 4 aromatic rings. The molecule has 3 N–H and O–H groups in total. The number of anilines is 2. The second-order valence-electron chi connectivity index (χ2n) is 8.23. The summed E-state index contributed by atoms with van der Waals surface area (Å²) in [5.74, 6) is 0.288. The van der Waals surface area contributed by atoms with Crippen molar-refractivity contribution in [2.75, 3.05) is 42.9 Å². The first kappa shape index (κ1) is 23.1. The van der Waals surface area contributed by atoms with Crippen LogP contribution in [0, 0.1) is 5.82 Å². The highest BCUT2D eigenvalue weighted by atomic mass is 19.1. The van der Waals surface area contributed by atoms with Crippen LogP contribution in [0.25, 0.3) is 11.3 Å². The molecule has 2 amide bonds. The third-order valence-electron chi connectivity index (χ3n) is 5.92. The summed E-state index contributed by atoms with van der Waals surface area (Å²) in [5, 5.41) is 13.4. The summed E-state index contributed by atoms with van der Waals surface area (Å²) in [7, 11) is 0. The van der Waals surface area contributed by atoms with E-state index in [0.717, 1.165) is 0 Å². The Hall–Kier alpha value is -4.61. The zero-order valence-electron chi connectivity index (χ0n) is 19.2. The van der Waals surface area contributed by atoms with Gasteiger partial charge in [-0.25, -0.2) is 4.39 Å². The summed E-state index contributed by atoms with van der Waals surface area (Å²) in [5.41, 5.74) is 2.05. The lowest BCUT2D eigenvalue weighted by molar-refractivity contribution is -0.130. The first-order chi connectivity index (χ1) is 17.6. The maximum Gasteiger partial charge on any atom is 0.253 e. The largest absolute Gasteiger partial charge is 0.367 e. The minimum atomic E-state index is -0.378. The summed E-state index contributed by atoms with van der Waals surface area (Å²) >= 11 is 0. The van der Waals surface area contributed by atoms with Crippen molar-refractivity contribution < 1.29 is 23.0 Å². The van der Waals surface area contributed by atoms with Crippen molar-refractivity contribution in [3.8, 4) is 11.3 Å². The van der Waals surface area contributed by atoms with Gasteiger partial charge >= 0.3 is 0 Å². The molecule has 1 aromatic carbocycles. The number of nitrogens with zero attached hydrogens (tertiary/aromatic N) is 4. The van der Waals surface area contributed by atoms with Gasteiger partial charge in [-0.2, -0.15) is 0 Å². The smallest absolute Gasteiger partial charge is 0.253 e. The number of hydrogen-bond acceptors (Lipinski definition) is 8. The number of H-pyrrole nitrogens is 1. The van der Waals surface area contributed by atoms with E-state index >= 15 is 0 Å². The molecule has 1 aliphatic heterocycles. The van der Waals surface area contributed by atoms with Crippen LogP contribution in [0.3, 0.4) is 0 Å². The fourth-order valence-corrected chi connectivity index (χ4v) is 3.97. The van der Waals surface area contributed by atoms with Crippen LogP contribution in [0.1, 0.15) is 16.1 Å². The number of aromatic amines is 1. The van der Waals surface area contributed by atoms with Crippen LogP contribution in [0.2, 0.25) is 0 Å². The number of piperazine rings is 1. The minimum Gasteiger partial charge on any atom is -0.367 e. The Labute approximate surface area is 205 Å². The maximum atomic E-state index is 15.0. The highest BCUT2D eigenvalue weighted by molar-refractivity contribution is 5.96. The van der Waals surface area contributed by atoms with Crippen LogP contribution in [0.5, 0.6) is 0 Å². The molecule has 1 saturated heterocycles. The lowest BCUT2D eigenvalue weighted by Crippen LogP contribution is -2.51. The third-order valence-corrected chi connectivity index (χ3v) is 5.92. The van der Waals surface area contributed by atoms with E-state index in [2.05, 4.69) is 25.9 Å². The van der Waals surface area contributed by atoms with Crippen molar-refractivity contribution in [1.82, 2.24) is 25.5 Å². The van der Waals surface area contributed by atoms with Gasteiger partial charge in [0.15, 0.2) is 11.6 Å². The molecule has 4 heterocycles. The molecule has 0 unspecified atom stereocenters. The Morgan fingerprint density at radius 1 is 1.08 bits per heavy atom. The molecule has 12 heteroatoms. The third kappa shape index (κ3) is 5.22. The van der Waals surface area contributed by atoms with Crippen molar-refractivity contribution in [1.29, 1.82) is 0 Å². The van der Waals surface area contributed by atoms with Crippen LogP contribution in [0.15, 0.2) is 64.1 Å². The zero-order chi connectivity index (χ0) is 24.9. The van der Waals surface area contributed by atoms with Gasteiger partial charge in [-0.15, -0.1) is 0 Å². The lowest BCUT2D eigenvalue weighted by Gasteiger charge is -2.36. The molecule has 11 nitrogen and oxygen atoms in total. The number of amides is 2. The average molecular weight is 493 g/mol. The SMILES string of the molecule is O=C(NCC(=O)N1CCN(c2ccc(-c3cc(CNc4ccon4)on3)cc2F)CC1)c1cc[nH]c1. The van der Waals surface area contributed by atoms with Crippen LogP contribution in [-0.4, -0.2) is 64.7 Å². The van der Waals surface area contributed by atoms with Crippen LogP contribution in [-0.2, 0) is 11.3 Å². The van der Waals surface area contributed by atoms with Crippen molar-refractivity contribution in [2.24, 2.45) is 0 Å². The first-order valence-corrected chi connectivity index (χ1v) is 11.4. The monoisotopic (exact) mass is 493 g/mol. The van der Waals surface area contributed by atoms with E-state index in [9.17, 15) is 14.0 Å². The van der Waals surface area contributed by atoms with Crippen molar-refractivity contribution >= 4 is 23.3 Å². The molecular weight excluding hydrogens is 469 g/mol. The Morgan fingerprint density at radius 3 is 2.67 bits per heavy atom. The van der Waals surface area contributed by atoms with Gasteiger partial charge in [-0.3, -0.25) is 9.59 Å². The average Bonchev–Trinajstić information content (AvgIpc) is 3.69. The predicted molar refractivity (Wildman–Crippen MR) is 128 cm³/mol. The second kappa shape index (κ2) is 10.3. The predicted octanol–water partition coefficient (Wildman–Crippen LogP) is 2.49. The number of carbonyl (C=O) groups is 2. The summed E-state index contributed by atoms with van der Waals surface area (Å²) < 4.78 is 25.1. The van der Waals surface area contributed by atoms with Crippen molar-refractivity contribution in [3.63, 3.8) is 0 Å². The Bertz CT molecular complexity index is 1310. The number of hydrogen-bond donors (Lipinski definition) is 3. The van der Waals surface area contributed by atoms with E-state index in [-0.39, 0.29) is 24.2 Å². The topological polar surface area (TPSA) is 133 Å². The molecule has 1 aliphatic rings. The number of aromatic nitrogens is 3. The van der Waals surface area contributed by atoms with Gasteiger partial charge in [-0.1, -0.05) is 16.4 Å². The molecule has 36 heavy (non-hydrogen) atoms. The zero-order valence-corrected chi connectivity index (χ0v) is 19.2. The fourth-order valence-electron chi connectivity index (χ4n) is 3.97. The molecule has 0 bridgehead atoms. The van der Waals surface area contributed by atoms with Gasteiger partial charge in [0, 0.05) is 56.3 Å². The van der Waals surface area contributed by atoms with E-state index in [1.165, 1.54) is 12.3 Å². The van der Waals surface area contributed by atoms with Crippen molar-refractivity contribution in [2.45, 2.75) is 6.54 Å². The molecule has 0 radical (unpaired) electrons. The Kier molecular flexibility index (Phi) is 6.65. The van der Waals surface area contributed by atoms with Crippen LogP contribution < -0.4 is 15.5 Å². The van der Waals surface area contributed by atoms with E-state index < -0.39 is 0 Å². The van der Waals surface area contributed by atoms with E-state index in [1.54, 1.807) is 47.6 Å². The summed E-state index contributed by atoms with van der Waals surface area (Å²) in [6, 6.07) is 9.99. The fraction of sp³-hybridized carbons (Fsp3) is 0.250. The Balaban J connectivity index is 1.13. The summed E-state index contributed by atoms with van der Waals surface area (Å²) in [6.45, 7) is 2.11. The minimum absolute atomic E-state index is 0.0825.